The SMILES string of the molecule is CCOc1nc(N)nc2c1ncn2[C@@H]1O[C@@H]2COP(=O)(NCCCCCCNP3(=O)OC[C@H]4O[C@@H](n5cnc6c(C)nc(N)nc65)[C@](C)(F)[C@@H]4O3)O[C@H]2[C@@]1(C)F.Cc1nc(N)nc2c1ncn2[C@@H]1O[C@H](CO)[C@@H](O)[C@@]1(C)F.NCCCCCCN. The third-order valence-corrected chi connectivity index (χ3v) is 18.3. The largest absolute Gasteiger partial charge is 0.476 e. The number of aliphatic hydroxyl groups excluding tert-OH is 2. The van der Waals surface area contributed by atoms with Gasteiger partial charge in [-0.1, -0.05) is 25.7 Å². The van der Waals surface area contributed by atoms with Gasteiger partial charge in [-0.3, -0.25) is 31.8 Å². The number of nitrogens with two attached hydrogens (primary N) is 5. The first-order valence-electron chi connectivity index (χ1n) is 28.0. The van der Waals surface area contributed by atoms with Crippen LogP contribution in [0.3, 0.4) is 0 Å². The number of nitrogens with zero attached hydrogens (tertiary/aromatic N) is 12. The van der Waals surface area contributed by atoms with Crippen LogP contribution in [-0.4, -0.2) is 175 Å². The summed E-state index contributed by atoms with van der Waals surface area (Å²) >= 11 is 0. The van der Waals surface area contributed by atoms with E-state index in [0.717, 1.165) is 25.9 Å². The number of aryl methyl sites for hydroxylation is 2. The van der Waals surface area contributed by atoms with Crippen molar-refractivity contribution >= 4 is 66.8 Å². The number of aliphatic hydroxyl groups is 2. The van der Waals surface area contributed by atoms with Gasteiger partial charge in [0, 0.05) is 13.1 Å². The molecule has 0 bridgehead atoms. The minimum Gasteiger partial charge on any atom is -0.476 e. The van der Waals surface area contributed by atoms with E-state index in [-0.39, 0.29) is 61.2 Å². The van der Waals surface area contributed by atoms with Gasteiger partial charge in [-0.15, -0.1) is 0 Å². The first kappa shape index (κ1) is 64.1. The summed E-state index contributed by atoms with van der Waals surface area (Å²) in [5.74, 6) is 0.136. The maximum atomic E-state index is 16.5. The van der Waals surface area contributed by atoms with Crippen molar-refractivity contribution in [2.75, 3.05) is 69.8 Å². The summed E-state index contributed by atoms with van der Waals surface area (Å²) in [7, 11) is -7.75. The second-order valence-electron chi connectivity index (χ2n) is 21.6. The molecular formula is C49H76F3N19O12P2. The second kappa shape index (κ2) is 26.1. The molecule has 85 heavy (non-hydrogen) atoms. The number of anilines is 3. The molecule has 5 saturated heterocycles. The van der Waals surface area contributed by atoms with Crippen molar-refractivity contribution in [2.45, 2.75) is 165 Å². The Morgan fingerprint density at radius 1 is 0.624 bits per heavy atom. The van der Waals surface area contributed by atoms with Gasteiger partial charge in [0.15, 0.2) is 58.1 Å². The molecule has 6 aromatic heterocycles. The van der Waals surface area contributed by atoms with Gasteiger partial charge >= 0.3 is 15.5 Å². The van der Waals surface area contributed by atoms with Crippen molar-refractivity contribution < 1.29 is 69.6 Å². The van der Waals surface area contributed by atoms with Crippen LogP contribution >= 0.6 is 15.5 Å². The molecule has 470 valence electrons. The van der Waals surface area contributed by atoms with Gasteiger partial charge in [0.2, 0.25) is 23.7 Å². The molecule has 0 aromatic carbocycles. The molecule has 0 amide bonds. The lowest BCUT2D eigenvalue weighted by atomic mass is 9.98. The van der Waals surface area contributed by atoms with Gasteiger partial charge in [0.25, 0.3) is 0 Å². The molecule has 5 aliphatic heterocycles. The third-order valence-electron chi connectivity index (χ3n) is 15.1. The van der Waals surface area contributed by atoms with E-state index < -0.39 is 94.4 Å². The Labute approximate surface area is 486 Å². The molecule has 0 aliphatic carbocycles. The van der Waals surface area contributed by atoms with Crippen LogP contribution < -0.4 is 43.6 Å². The average Bonchev–Trinajstić information content (AvgIpc) is 1.71. The lowest BCUT2D eigenvalue weighted by Crippen LogP contribution is -2.46. The Morgan fingerprint density at radius 3 is 1.44 bits per heavy atom. The van der Waals surface area contributed by atoms with Gasteiger partial charge in [0.1, 0.15) is 47.7 Å². The highest BCUT2D eigenvalue weighted by Gasteiger charge is 2.63. The molecule has 0 saturated carbocycles. The minimum absolute atomic E-state index is 0.0136. The van der Waals surface area contributed by atoms with E-state index in [9.17, 15) is 18.6 Å². The number of hydrogen-bond acceptors (Lipinski definition) is 26. The zero-order chi connectivity index (χ0) is 61.2. The van der Waals surface area contributed by atoms with E-state index in [2.05, 4.69) is 55.0 Å². The topological polar surface area (TPSA) is 433 Å². The molecule has 11 heterocycles. The summed E-state index contributed by atoms with van der Waals surface area (Å²) < 4.78 is 124. The summed E-state index contributed by atoms with van der Waals surface area (Å²) in [6, 6.07) is 0. The Hall–Kier alpha value is -5.42. The maximum Gasteiger partial charge on any atom is 0.406 e. The fraction of sp³-hybridized carbons (Fsp3) is 0.694. The van der Waals surface area contributed by atoms with Crippen LogP contribution in [0.25, 0.3) is 33.5 Å². The fourth-order valence-corrected chi connectivity index (χ4v) is 14.0. The summed E-state index contributed by atoms with van der Waals surface area (Å²) in [5.41, 5.74) is 24.6. The van der Waals surface area contributed by atoms with Crippen LogP contribution in [0, 0.1) is 13.8 Å². The van der Waals surface area contributed by atoms with Crippen LogP contribution in [0.15, 0.2) is 19.0 Å². The van der Waals surface area contributed by atoms with Gasteiger partial charge in [0.05, 0.1) is 56.8 Å². The van der Waals surface area contributed by atoms with Gasteiger partial charge in [-0.2, -0.15) is 19.9 Å². The van der Waals surface area contributed by atoms with Gasteiger partial charge in [-0.25, -0.2) is 57.4 Å². The molecule has 36 heteroatoms. The fourth-order valence-electron chi connectivity index (χ4n) is 10.7. The number of hydrogen-bond donors (Lipinski definition) is 9. The van der Waals surface area contributed by atoms with Crippen molar-refractivity contribution in [1.82, 2.24) is 68.7 Å². The number of aromatic nitrogens is 12. The molecule has 5 fully saturated rings. The zero-order valence-corrected chi connectivity index (χ0v) is 49.8. The molecule has 0 radical (unpaired) electrons. The first-order chi connectivity index (χ1) is 40.4. The van der Waals surface area contributed by atoms with Gasteiger partial charge < -0.3 is 57.8 Å². The summed E-state index contributed by atoms with van der Waals surface area (Å²) in [6.45, 7) is 10.7. The lowest BCUT2D eigenvalue weighted by Gasteiger charge is -2.34. The van der Waals surface area contributed by atoms with E-state index >= 15 is 8.78 Å². The van der Waals surface area contributed by atoms with Crippen LogP contribution in [-0.2, 0) is 41.4 Å². The number of fused-ring (bicyclic) bond motifs is 5. The van der Waals surface area contributed by atoms with E-state index in [1.54, 1.807) is 20.8 Å². The lowest BCUT2D eigenvalue weighted by molar-refractivity contribution is -0.0608. The normalized spacial score (nSPS) is 32.5. The zero-order valence-electron chi connectivity index (χ0n) is 48.0. The van der Waals surface area contributed by atoms with Crippen molar-refractivity contribution in [1.29, 1.82) is 0 Å². The predicted molar refractivity (Wildman–Crippen MR) is 301 cm³/mol. The van der Waals surface area contributed by atoms with Crippen molar-refractivity contribution in [2.24, 2.45) is 11.5 Å². The Kier molecular flexibility index (Phi) is 19.7. The number of rotatable bonds is 20. The number of ether oxygens (including phenoxy) is 4. The molecule has 14 atom stereocenters. The standard InChI is InChI=1S/C31H44F2N12O9P2.C12H16FN5O3.C6H16N2/c1-5-48-25-20-24(42-29(35)43-25)45(15-37-20)27-31(4,33)22-18(52-27)13-50-56(47,54-22)39-11-9-7-6-8-10-38-55(46)49-12-17-21(53-55)30(3,32)26(51-17)44-14-36-19-16(2)40-28(34)41-23(19)44;1-5-7-9(17-11(14)16-5)18(4-15-7)10-12(2,13)8(20)6(3-19)21-10;7-5-3-1-2-4-6-8/h14-15,17-18,21-22,26-27H,5-13H2,1-4H3,(H,38,46)(H,39,47)(H2,34,40,41)(H2,35,42,43);4,6,8,10,19-20H,3H2,1-2H3,(H2,14,16,17);1-8H2/t17-,18-,21-,22-,26-,27-,30-,31-,55?,56?;6-,8-,10-,12-;/m11./s1. The number of imidazole rings is 3. The number of alkyl halides is 3. The molecule has 0 spiro atoms. The second-order valence-corrected chi connectivity index (χ2v) is 25.2. The molecule has 2 unspecified atom stereocenters. The highest BCUT2D eigenvalue weighted by atomic mass is 31.2. The van der Waals surface area contributed by atoms with E-state index in [1.807, 2.05) is 0 Å². The van der Waals surface area contributed by atoms with Crippen LogP contribution in [0.4, 0.5) is 31.0 Å². The quantitative estimate of drug-likeness (QED) is 0.0388. The first-order valence-corrected chi connectivity index (χ1v) is 31.1. The molecule has 31 nitrogen and oxygen atoms in total. The maximum absolute atomic E-state index is 16.5. The van der Waals surface area contributed by atoms with Crippen molar-refractivity contribution in [3.63, 3.8) is 0 Å². The molecule has 14 N–H and O–H groups in total. The molecular weight excluding hydrogens is 1170 g/mol. The molecule has 11 rings (SSSR count). The van der Waals surface area contributed by atoms with Crippen molar-refractivity contribution in [3.8, 4) is 5.88 Å². The summed E-state index contributed by atoms with van der Waals surface area (Å²) in [4.78, 5) is 37.4. The number of unbranched alkanes of at least 4 members (excludes halogenated alkanes) is 6. The van der Waals surface area contributed by atoms with Gasteiger partial charge in [-0.05, 0) is 80.3 Å². The highest BCUT2D eigenvalue weighted by Crippen LogP contribution is 2.58. The highest BCUT2D eigenvalue weighted by molar-refractivity contribution is 7.52. The van der Waals surface area contributed by atoms with E-state index in [0.29, 0.717) is 66.0 Å². The smallest absolute Gasteiger partial charge is 0.406 e. The minimum atomic E-state index is -3.89. The predicted octanol–water partition coefficient (Wildman–Crippen LogP) is 3.74. The molecule has 6 aromatic rings. The number of nitrogens with one attached hydrogen (secondary N) is 2. The Balaban J connectivity index is 0.000000244. The van der Waals surface area contributed by atoms with E-state index in [1.165, 1.54) is 66.3 Å². The number of nitrogen functional groups attached to an aromatic ring is 3. The van der Waals surface area contributed by atoms with Crippen molar-refractivity contribution in [3.05, 3.63) is 30.4 Å². The monoisotopic (exact) mass is 1240 g/mol. The summed E-state index contributed by atoms with van der Waals surface area (Å²) in [6.07, 6.45) is 1.27. The van der Waals surface area contributed by atoms with Crippen LogP contribution in [0.5, 0.6) is 5.88 Å². The molecule has 5 aliphatic rings. The van der Waals surface area contributed by atoms with Crippen LogP contribution in [0.1, 0.15) is 109 Å². The Morgan fingerprint density at radius 2 is 1.02 bits per heavy atom. The third kappa shape index (κ3) is 13.2. The average molecular weight is 1240 g/mol. The number of halogens is 3. The van der Waals surface area contributed by atoms with Crippen LogP contribution in [0.2, 0.25) is 0 Å². The summed E-state index contributed by atoms with van der Waals surface area (Å²) in [5, 5.41) is 24.7. The Bertz CT molecular complexity index is 3380. The van der Waals surface area contributed by atoms with E-state index in [4.69, 9.17) is 70.8 Å².